The van der Waals surface area contributed by atoms with E-state index in [0.717, 1.165) is 48.4 Å². The van der Waals surface area contributed by atoms with E-state index < -0.39 is 5.79 Å². The van der Waals surface area contributed by atoms with Gasteiger partial charge in [0, 0.05) is 49.5 Å². The van der Waals surface area contributed by atoms with E-state index in [1.165, 1.54) is 6.33 Å². The minimum atomic E-state index is -0.434. The van der Waals surface area contributed by atoms with E-state index in [1.54, 1.807) is 0 Å². The Hall–Kier alpha value is -1.98. The summed E-state index contributed by atoms with van der Waals surface area (Å²) in [5, 5.41) is 0. The molecule has 1 spiro atoms. The summed E-state index contributed by atoms with van der Waals surface area (Å²) in [5.41, 5.74) is 3.18. The third-order valence-corrected chi connectivity index (χ3v) is 4.49. The van der Waals surface area contributed by atoms with Crippen LogP contribution in [0.5, 0.6) is 5.75 Å². The normalized spacial score (nSPS) is 20.4. The highest BCUT2D eigenvalue weighted by Crippen LogP contribution is 2.38. The molecule has 0 unspecified atom stereocenters. The summed E-state index contributed by atoms with van der Waals surface area (Å²) >= 11 is 0. The van der Waals surface area contributed by atoms with E-state index in [4.69, 9.17) is 9.47 Å². The summed E-state index contributed by atoms with van der Waals surface area (Å²) in [6, 6.07) is 6.21. The average molecular weight is 297 g/mol. The van der Waals surface area contributed by atoms with Crippen LogP contribution in [0.3, 0.4) is 0 Å². The van der Waals surface area contributed by atoms with Crippen LogP contribution in [0.25, 0.3) is 11.1 Å². The highest BCUT2D eigenvalue weighted by molar-refractivity contribution is 5.64. The molecule has 5 heteroatoms. The van der Waals surface area contributed by atoms with Crippen LogP contribution in [0.4, 0.5) is 0 Å². The Morgan fingerprint density at radius 1 is 1.09 bits per heavy atom. The highest BCUT2D eigenvalue weighted by atomic mass is 16.7. The van der Waals surface area contributed by atoms with Crippen molar-refractivity contribution in [3.05, 3.63) is 42.5 Å². The Morgan fingerprint density at radius 3 is 2.64 bits per heavy atom. The summed E-state index contributed by atoms with van der Waals surface area (Å²) < 4.78 is 12.3. The maximum Gasteiger partial charge on any atom is 0.213 e. The van der Waals surface area contributed by atoms with Gasteiger partial charge in [-0.25, -0.2) is 9.97 Å². The molecule has 0 N–H and O–H groups in total. The van der Waals surface area contributed by atoms with E-state index in [2.05, 4.69) is 34.0 Å². The van der Waals surface area contributed by atoms with Crippen LogP contribution in [0, 0.1) is 0 Å². The van der Waals surface area contributed by atoms with E-state index in [-0.39, 0.29) is 0 Å². The Morgan fingerprint density at radius 2 is 1.86 bits per heavy atom. The van der Waals surface area contributed by atoms with Crippen LogP contribution in [0.15, 0.2) is 36.9 Å². The lowest BCUT2D eigenvalue weighted by molar-refractivity contribution is -0.226. The van der Waals surface area contributed by atoms with Crippen molar-refractivity contribution < 1.29 is 9.47 Å². The molecule has 0 atom stereocenters. The van der Waals surface area contributed by atoms with Gasteiger partial charge >= 0.3 is 0 Å². The van der Waals surface area contributed by atoms with Gasteiger partial charge in [0.05, 0.1) is 6.61 Å². The average Bonchev–Trinajstić information content (AvgIpc) is 2.58. The lowest BCUT2D eigenvalue weighted by atomic mass is 10.00. The van der Waals surface area contributed by atoms with Gasteiger partial charge in [0.2, 0.25) is 5.79 Å². The zero-order valence-corrected chi connectivity index (χ0v) is 12.7. The molecule has 3 heterocycles. The van der Waals surface area contributed by atoms with Gasteiger partial charge in [0.15, 0.2) is 0 Å². The van der Waals surface area contributed by atoms with Crippen molar-refractivity contribution in [1.82, 2.24) is 14.9 Å². The molecule has 2 aliphatic rings. The number of benzene rings is 1. The number of fused-ring (bicyclic) bond motifs is 1. The maximum atomic E-state index is 6.22. The molecule has 0 aliphatic carbocycles. The molecule has 5 nitrogen and oxygen atoms in total. The van der Waals surface area contributed by atoms with Crippen LogP contribution >= 0.6 is 0 Å². The van der Waals surface area contributed by atoms with Gasteiger partial charge in [-0.1, -0.05) is 6.07 Å². The van der Waals surface area contributed by atoms with Gasteiger partial charge in [0.1, 0.15) is 12.1 Å². The summed E-state index contributed by atoms with van der Waals surface area (Å²) in [6.45, 7) is 2.62. The predicted molar refractivity (Wildman–Crippen MR) is 82.3 cm³/mol. The second-order valence-corrected chi connectivity index (χ2v) is 6.05. The van der Waals surface area contributed by atoms with Crippen molar-refractivity contribution in [1.29, 1.82) is 0 Å². The maximum absolute atomic E-state index is 6.22. The van der Waals surface area contributed by atoms with E-state index in [1.807, 2.05) is 18.5 Å². The molecule has 1 fully saturated rings. The molecule has 114 valence electrons. The minimum Gasteiger partial charge on any atom is -0.462 e. The van der Waals surface area contributed by atoms with Gasteiger partial charge in [-0.2, -0.15) is 0 Å². The van der Waals surface area contributed by atoms with Gasteiger partial charge in [0.25, 0.3) is 0 Å². The lowest BCUT2D eigenvalue weighted by Gasteiger charge is -2.43. The Labute approximate surface area is 129 Å². The first-order valence-corrected chi connectivity index (χ1v) is 7.64. The monoisotopic (exact) mass is 297 g/mol. The molecule has 1 aromatic carbocycles. The topological polar surface area (TPSA) is 47.5 Å². The number of rotatable bonds is 1. The fourth-order valence-electron chi connectivity index (χ4n) is 3.06. The van der Waals surface area contributed by atoms with Crippen LogP contribution in [0.2, 0.25) is 0 Å². The van der Waals surface area contributed by atoms with Crippen molar-refractivity contribution >= 4 is 0 Å². The third kappa shape index (κ3) is 2.46. The van der Waals surface area contributed by atoms with Crippen molar-refractivity contribution in [3.63, 3.8) is 0 Å². The molecule has 2 aromatic rings. The largest absolute Gasteiger partial charge is 0.462 e. The Bertz CT molecular complexity index is 667. The van der Waals surface area contributed by atoms with Gasteiger partial charge in [-0.3, -0.25) is 0 Å². The van der Waals surface area contributed by atoms with Crippen molar-refractivity contribution in [2.45, 2.75) is 25.2 Å². The van der Waals surface area contributed by atoms with E-state index >= 15 is 0 Å². The molecule has 4 rings (SSSR count). The first kappa shape index (κ1) is 13.7. The summed E-state index contributed by atoms with van der Waals surface area (Å²) in [7, 11) is 2.14. The SMILES string of the molecule is CN1CCC2(CC1)OCc1cc(-c3cncnc3)ccc1O2. The van der Waals surface area contributed by atoms with Crippen LogP contribution < -0.4 is 4.74 Å². The molecular formula is C17H19N3O2. The zero-order chi connectivity index (χ0) is 15.0. The Balaban J connectivity index is 1.59. The number of ether oxygens (including phenoxy) is 2. The number of hydrogen-bond donors (Lipinski definition) is 0. The smallest absolute Gasteiger partial charge is 0.213 e. The van der Waals surface area contributed by atoms with E-state index in [9.17, 15) is 0 Å². The first-order chi connectivity index (χ1) is 10.7. The molecule has 0 amide bonds. The van der Waals surface area contributed by atoms with Crippen molar-refractivity contribution in [2.24, 2.45) is 0 Å². The molecule has 2 aliphatic heterocycles. The van der Waals surface area contributed by atoms with Crippen LogP contribution in [-0.4, -0.2) is 40.8 Å². The fourth-order valence-corrected chi connectivity index (χ4v) is 3.06. The molecule has 1 saturated heterocycles. The van der Waals surface area contributed by atoms with Crippen LogP contribution in [0.1, 0.15) is 18.4 Å². The molecular weight excluding hydrogens is 278 g/mol. The highest BCUT2D eigenvalue weighted by Gasteiger charge is 2.40. The van der Waals surface area contributed by atoms with E-state index in [0.29, 0.717) is 6.61 Å². The molecule has 0 bridgehead atoms. The standard InChI is InChI=1S/C17H19N3O2/c1-20-6-4-17(5-7-20)21-11-14-8-13(2-3-16(14)22-17)15-9-18-12-19-10-15/h2-3,8-10,12H,4-7,11H2,1H3. The fraction of sp³-hybridized carbons (Fsp3) is 0.412. The molecule has 0 saturated carbocycles. The second-order valence-electron chi connectivity index (χ2n) is 6.05. The zero-order valence-electron chi connectivity index (χ0n) is 12.7. The van der Waals surface area contributed by atoms with Crippen LogP contribution in [-0.2, 0) is 11.3 Å². The second kappa shape index (κ2) is 5.34. The number of hydrogen-bond acceptors (Lipinski definition) is 5. The quantitative estimate of drug-likeness (QED) is 0.809. The number of likely N-dealkylation sites (tertiary alicyclic amines) is 1. The van der Waals surface area contributed by atoms with Gasteiger partial charge in [-0.15, -0.1) is 0 Å². The number of nitrogens with zero attached hydrogens (tertiary/aromatic N) is 3. The summed E-state index contributed by atoms with van der Waals surface area (Å²) in [5.74, 6) is 0.507. The lowest BCUT2D eigenvalue weighted by Crippen LogP contribution is -2.50. The first-order valence-electron chi connectivity index (χ1n) is 7.64. The van der Waals surface area contributed by atoms with Gasteiger partial charge < -0.3 is 14.4 Å². The summed E-state index contributed by atoms with van der Waals surface area (Å²) in [6.07, 6.45) is 7.00. The Kier molecular flexibility index (Phi) is 3.32. The predicted octanol–water partition coefficient (Wildman–Crippen LogP) is 2.47. The van der Waals surface area contributed by atoms with Gasteiger partial charge in [-0.05, 0) is 24.7 Å². The van der Waals surface area contributed by atoms with Crippen molar-refractivity contribution in [3.8, 4) is 16.9 Å². The molecule has 22 heavy (non-hydrogen) atoms. The third-order valence-electron chi connectivity index (χ3n) is 4.49. The number of aromatic nitrogens is 2. The number of piperidine rings is 1. The molecule has 0 radical (unpaired) electrons. The summed E-state index contributed by atoms with van der Waals surface area (Å²) in [4.78, 5) is 10.5. The molecule has 1 aromatic heterocycles. The van der Waals surface area contributed by atoms with Crippen molar-refractivity contribution in [2.75, 3.05) is 20.1 Å². The minimum absolute atomic E-state index is 0.434.